The summed E-state index contributed by atoms with van der Waals surface area (Å²) < 4.78 is 0.516. The molecule has 8 heteroatoms. The van der Waals surface area contributed by atoms with E-state index in [1.807, 2.05) is 35.6 Å². The molecule has 2 N–H and O–H groups in total. The van der Waals surface area contributed by atoms with Crippen LogP contribution >= 0.6 is 35.2 Å². The van der Waals surface area contributed by atoms with E-state index in [9.17, 15) is 10.1 Å². The summed E-state index contributed by atoms with van der Waals surface area (Å²) in [6.45, 7) is 1.90. The smallest absolute Gasteiger partial charge is 0.251 e. The third kappa shape index (κ3) is 3.48. The van der Waals surface area contributed by atoms with Gasteiger partial charge in [0.2, 0.25) is 0 Å². The molecule has 0 aliphatic rings. The molecule has 1 aromatic heterocycles. The second-order valence-electron chi connectivity index (χ2n) is 4.38. The van der Waals surface area contributed by atoms with Gasteiger partial charge in [0.1, 0.15) is 15.3 Å². The fraction of sp³-hybridized carbons (Fsp3) is 0.143. The predicted octanol–water partition coefficient (Wildman–Crippen LogP) is 2.65. The van der Waals surface area contributed by atoms with Gasteiger partial charge in [0.15, 0.2) is 11.0 Å². The van der Waals surface area contributed by atoms with E-state index >= 15 is 0 Å². The minimum Gasteiger partial charge on any atom is -0.355 e. The molecule has 1 aromatic carbocycles. The Kier molecular flexibility index (Phi) is 5.20. The molecule has 22 heavy (non-hydrogen) atoms. The highest BCUT2D eigenvalue weighted by atomic mass is 127. The first kappa shape index (κ1) is 16.5. The summed E-state index contributed by atoms with van der Waals surface area (Å²) in [5.41, 5.74) is 2.47. The summed E-state index contributed by atoms with van der Waals surface area (Å²) in [6, 6.07) is 7.34. The molecule has 1 heterocycles. The van der Waals surface area contributed by atoms with Crippen LogP contribution in [0.4, 0.5) is 11.5 Å². The molecule has 2 rings (SSSR count). The van der Waals surface area contributed by atoms with Crippen molar-refractivity contribution < 1.29 is 4.79 Å². The monoisotopic (exact) mass is 425 g/mol. The molecule has 2 aromatic rings. The number of nitrogens with one attached hydrogen (secondary N) is 2. The summed E-state index contributed by atoms with van der Waals surface area (Å²) in [4.78, 5) is 19.9. The van der Waals surface area contributed by atoms with Crippen LogP contribution in [0.1, 0.15) is 21.5 Å². The van der Waals surface area contributed by atoms with Crippen molar-refractivity contribution in [3.8, 4) is 6.07 Å². The van der Waals surface area contributed by atoms with Crippen LogP contribution in [-0.2, 0) is 0 Å². The largest absolute Gasteiger partial charge is 0.355 e. The molecule has 0 radical (unpaired) electrons. The van der Waals surface area contributed by atoms with Crippen molar-refractivity contribution in [1.82, 2.24) is 15.3 Å². The lowest BCUT2D eigenvalue weighted by atomic mass is 10.1. The zero-order valence-corrected chi connectivity index (χ0v) is 14.9. The van der Waals surface area contributed by atoms with Gasteiger partial charge >= 0.3 is 0 Å². The Morgan fingerprint density at radius 3 is 2.77 bits per heavy atom. The van der Waals surface area contributed by atoms with E-state index in [1.165, 1.54) is 0 Å². The Morgan fingerprint density at radius 1 is 1.41 bits per heavy atom. The van der Waals surface area contributed by atoms with Gasteiger partial charge in [-0.25, -0.2) is 9.97 Å². The molecular weight excluding hydrogens is 413 g/mol. The number of amides is 1. The highest BCUT2D eigenvalue weighted by Gasteiger charge is 2.13. The molecule has 1 amide bonds. The second kappa shape index (κ2) is 6.93. The maximum atomic E-state index is 11.7. The zero-order chi connectivity index (χ0) is 16.3. The highest BCUT2D eigenvalue weighted by Crippen LogP contribution is 2.25. The number of rotatable bonds is 3. The number of nitriles is 1. The van der Waals surface area contributed by atoms with E-state index < -0.39 is 0 Å². The maximum Gasteiger partial charge on any atom is 0.251 e. The first-order valence-corrected chi connectivity index (χ1v) is 7.75. The quantitative estimate of drug-likeness (QED) is 0.305. The number of aryl methyl sites for hydroxylation is 1. The number of benzene rings is 1. The van der Waals surface area contributed by atoms with Gasteiger partial charge in [-0.2, -0.15) is 5.26 Å². The molecule has 0 saturated carbocycles. The van der Waals surface area contributed by atoms with Crippen LogP contribution < -0.4 is 10.6 Å². The van der Waals surface area contributed by atoms with Gasteiger partial charge in [-0.3, -0.25) is 4.79 Å². The summed E-state index contributed by atoms with van der Waals surface area (Å²) in [6.07, 6.45) is 0. The number of carbonyl (C=O) groups excluding carboxylic acids is 1. The molecule has 0 bridgehead atoms. The first-order chi connectivity index (χ1) is 10.5. The number of hydrogen-bond acceptors (Lipinski definition) is 6. The van der Waals surface area contributed by atoms with Gasteiger partial charge < -0.3 is 10.6 Å². The van der Waals surface area contributed by atoms with Crippen LogP contribution in [0, 0.1) is 22.0 Å². The van der Waals surface area contributed by atoms with Crippen molar-refractivity contribution in [1.29, 1.82) is 5.26 Å². The molecule has 0 saturated heterocycles. The van der Waals surface area contributed by atoms with Crippen molar-refractivity contribution in [3.05, 3.63) is 38.6 Å². The summed E-state index contributed by atoms with van der Waals surface area (Å²) in [5.74, 6) is 0.180. The average molecular weight is 425 g/mol. The number of thiol groups is 1. The minimum atomic E-state index is -0.185. The van der Waals surface area contributed by atoms with E-state index in [-0.39, 0.29) is 11.1 Å². The highest BCUT2D eigenvalue weighted by molar-refractivity contribution is 14.1. The summed E-state index contributed by atoms with van der Waals surface area (Å²) in [7, 11) is 1.57. The fourth-order valence-corrected chi connectivity index (χ4v) is 2.78. The minimum absolute atomic E-state index is 0.185. The molecule has 6 nitrogen and oxygen atoms in total. The van der Waals surface area contributed by atoms with Crippen LogP contribution in [0.5, 0.6) is 0 Å². The van der Waals surface area contributed by atoms with Crippen molar-refractivity contribution >= 4 is 52.6 Å². The number of nitrogens with zero attached hydrogens (tertiary/aromatic N) is 3. The van der Waals surface area contributed by atoms with Gasteiger partial charge in [-0.1, -0.05) is 6.07 Å². The third-order valence-corrected chi connectivity index (χ3v) is 3.93. The fourth-order valence-electron chi connectivity index (χ4n) is 1.78. The standard InChI is InChI=1S/C14H12IN5OS/c1-7-3-4-8(13(21)17-2)5-10(7)18-12-9(6-16)11(15)19-14(22)20-12/h3-5H,1-2H3,(H,17,21)(H2,18,19,20,22). The molecule has 0 aliphatic heterocycles. The Balaban J connectivity index is 2.48. The second-order valence-corrected chi connectivity index (χ2v) is 5.81. The number of aromatic nitrogens is 2. The van der Waals surface area contributed by atoms with Crippen LogP contribution in [0.15, 0.2) is 23.4 Å². The van der Waals surface area contributed by atoms with Gasteiger partial charge in [0.05, 0.1) is 0 Å². The topological polar surface area (TPSA) is 90.7 Å². The zero-order valence-electron chi connectivity index (χ0n) is 11.8. The van der Waals surface area contributed by atoms with Gasteiger partial charge in [0, 0.05) is 18.3 Å². The lowest BCUT2D eigenvalue weighted by Crippen LogP contribution is -2.18. The molecular formula is C14H12IN5OS. The van der Waals surface area contributed by atoms with Crippen LogP contribution in [-0.4, -0.2) is 22.9 Å². The first-order valence-electron chi connectivity index (χ1n) is 6.22. The van der Waals surface area contributed by atoms with Gasteiger partial charge in [0.25, 0.3) is 5.91 Å². The number of hydrogen-bond donors (Lipinski definition) is 3. The summed E-state index contributed by atoms with van der Waals surface area (Å²) in [5, 5.41) is 15.2. The predicted molar refractivity (Wildman–Crippen MR) is 94.6 cm³/mol. The van der Waals surface area contributed by atoms with Crippen molar-refractivity contribution in [2.45, 2.75) is 12.1 Å². The van der Waals surface area contributed by atoms with Crippen LogP contribution in [0.3, 0.4) is 0 Å². The van der Waals surface area contributed by atoms with E-state index in [0.717, 1.165) is 5.56 Å². The lowest BCUT2D eigenvalue weighted by Gasteiger charge is -2.12. The lowest BCUT2D eigenvalue weighted by molar-refractivity contribution is 0.0963. The normalized spacial score (nSPS) is 9.95. The SMILES string of the molecule is CNC(=O)c1ccc(C)c(Nc2nc(S)nc(I)c2C#N)c1. The van der Waals surface area contributed by atoms with E-state index in [2.05, 4.69) is 39.3 Å². The van der Waals surface area contributed by atoms with Gasteiger partial charge in [-0.05, 0) is 47.2 Å². The van der Waals surface area contributed by atoms with E-state index in [1.54, 1.807) is 19.2 Å². The van der Waals surface area contributed by atoms with Crippen LogP contribution in [0.25, 0.3) is 0 Å². The Bertz CT molecular complexity index is 788. The van der Waals surface area contributed by atoms with Gasteiger partial charge in [-0.15, -0.1) is 12.6 Å². The Hall–Kier alpha value is -1.86. The molecule has 0 unspecified atom stereocenters. The number of anilines is 2. The molecule has 0 atom stereocenters. The van der Waals surface area contributed by atoms with Crippen LogP contribution in [0.2, 0.25) is 0 Å². The van der Waals surface area contributed by atoms with Crippen molar-refractivity contribution in [2.24, 2.45) is 0 Å². The van der Waals surface area contributed by atoms with E-state index in [4.69, 9.17) is 0 Å². The summed E-state index contributed by atoms with van der Waals surface area (Å²) >= 11 is 6.09. The van der Waals surface area contributed by atoms with Crippen molar-refractivity contribution in [3.63, 3.8) is 0 Å². The molecule has 0 fully saturated rings. The Labute approximate surface area is 146 Å². The number of carbonyl (C=O) groups is 1. The van der Waals surface area contributed by atoms with E-state index in [0.29, 0.717) is 26.3 Å². The Morgan fingerprint density at radius 2 is 2.14 bits per heavy atom. The average Bonchev–Trinajstić information content (AvgIpc) is 2.48. The maximum absolute atomic E-state index is 11.7. The molecule has 0 spiro atoms. The molecule has 112 valence electrons. The number of halogens is 1. The molecule has 0 aliphatic carbocycles. The third-order valence-electron chi connectivity index (χ3n) is 2.94. The van der Waals surface area contributed by atoms with Crippen molar-refractivity contribution in [2.75, 3.05) is 12.4 Å².